The van der Waals surface area contributed by atoms with E-state index in [1.807, 2.05) is 13.8 Å². The number of alkyl halides is 3. The molecule has 0 atom stereocenters. The van der Waals surface area contributed by atoms with E-state index in [9.17, 15) is 22.4 Å². The summed E-state index contributed by atoms with van der Waals surface area (Å²) >= 11 is 0. The van der Waals surface area contributed by atoms with E-state index in [1.165, 1.54) is 6.42 Å². The molecule has 0 saturated heterocycles. The fraction of sp³-hybridized carbons (Fsp3) is 0.500. The number of amides is 1. The molecule has 4 nitrogen and oxygen atoms in total. The second-order valence-corrected chi connectivity index (χ2v) is 3.86. The zero-order valence-electron chi connectivity index (χ0n) is 14.5. The minimum absolute atomic E-state index is 0.217. The Morgan fingerprint density at radius 1 is 1.21 bits per heavy atom. The molecule has 24 heavy (non-hydrogen) atoms. The summed E-state index contributed by atoms with van der Waals surface area (Å²) < 4.78 is 50.0. The molecule has 1 aromatic rings. The van der Waals surface area contributed by atoms with Crippen molar-refractivity contribution in [1.29, 1.82) is 0 Å². The van der Waals surface area contributed by atoms with Gasteiger partial charge in [0.25, 0.3) is 12.4 Å². The molecule has 1 aromatic carbocycles. The summed E-state index contributed by atoms with van der Waals surface area (Å²) in [7, 11) is 0. The van der Waals surface area contributed by atoms with Crippen molar-refractivity contribution in [1.82, 2.24) is 5.32 Å². The predicted octanol–water partition coefficient (Wildman–Crippen LogP) is 4.74. The molecular weight excluding hydrogens is 330 g/mol. The van der Waals surface area contributed by atoms with Crippen LogP contribution in [0.15, 0.2) is 18.2 Å². The van der Waals surface area contributed by atoms with Crippen molar-refractivity contribution in [3.63, 3.8) is 0 Å². The molecule has 8 heteroatoms. The molecule has 0 spiro atoms. The van der Waals surface area contributed by atoms with Crippen molar-refractivity contribution in [2.24, 2.45) is 0 Å². The van der Waals surface area contributed by atoms with Crippen molar-refractivity contribution >= 4 is 12.4 Å². The molecule has 1 rings (SSSR count). The fourth-order valence-electron chi connectivity index (χ4n) is 1.13. The van der Waals surface area contributed by atoms with E-state index in [0.29, 0.717) is 18.2 Å². The molecule has 0 aliphatic heterocycles. The number of carbonyl (C=O) groups excluding carboxylic acids is 1. The van der Waals surface area contributed by atoms with Crippen LogP contribution >= 0.6 is 0 Å². The Labute approximate surface area is 139 Å². The van der Waals surface area contributed by atoms with Gasteiger partial charge in [0.2, 0.25) is 0 Å². The van der Waals surface area contributed by atoms with Crippen molar-refractivity contribution in [3.05, 3.63) is 35.1 Å². The van der Waals surface area contributed by atoms with Gasteiger partial charge in [0, 0.05) is 6.54 Å². The molecule has 2 N–H and O–H groups in total. The number of hydrogen-bond donors (Lipinski definition) is 2. The summed E-state index contributed by atoms with van der Waals surface area (Å²) in [5, 5.41) is 9.12. The molecule has 0 aliphatic carbocycles. The molecule has 140 valence electrons. The third-order valence-electron chi connectivity index (χ3n) is 1.88. The Morgan fingerprint density at radius 2 is 1.62 bits per heavy atom. The maximum atomic E-state index is 13.1. The van der Waals surface area contributed by atoms with Gasteiger partial charge in [-0.1, -0.05) is 34.1 Å². The van der Waals surface area contributed by atoms with Crippen LogP contribution in [0.25, 0.3) is 0 Å². The molecule has 0 unspecified atom stereocenters. The van der Waals surface area contributed by atoms with Crippen molar-refractivity contribution in [2.75, 3.05) is 6.54 Å². The zero-order chi connectivity index (χ0) is 19.8. The molecule has 0 fully saturated rings. The predicted molar refractivity (Wildman–Crippen MR) is 85.4 cm³/mol. The largest absolute Gasteiger partial charge is 0.483 e. The highest BCUT2D eigenvalue weighted by molar-refractivity contribution is 5.94. The molecule has 0 aliphatic rings. The third kappa shape index (κ3) is 12.4. The van der Waals surface area contributed by atoms with E-state index in [1.54, 1.807) is 6.92 Å². The smallest absolute Gasteiger partial charge is 0.416 e. The first-order chi connectivity index (χ1) is 11.2. The highest BCUT2D eigenvalue weighted by Gasteiger charge is 2.31. The van der Waals surface area contributed by atoms with Crippen LogP contribution in [0.1, 0.15) is 57.0 Å². The maximum Gasteiger partial charge on any atom is 0.416 e. The van der Waals surface area contributed by atoms with Gasteiger partial charge in [-0.2, -0.15) is 13.2 Å². The highest BCUT2D eigenvalue weighted by Crippen LogP contribution is 2.30. The number of nitrogens with one attached hydrogen (secondary N) is 1. The molecule has 0 heterocycles. The summed E-state index contributed by atoms with van der Waals surface area (Å²) in [6.45, 7) is 9.80. The number of carboxylic acid groups (broad SMARTS) is 1. The normalized spacial score (nSPS) is 9.04. The number of rotatable bonds is 2. The molecular formula is C16H25F4NO3. The van der Waals surface area contributed by atoms with Crippen LogP contribution in [0, 0.1) is 5.82 Å². The summed E-state index contributed by atoms with van der Waals surface area (Å²) in [5.74, 6) is -1.83. The first-order valence-electron chi connectivity index (χ1n) is 7.42. The first kappa shape index (κ1) is 26.8. The highest BCUT2D eigenvalue weighted by atomic mass is 19.4. The van der Waals surface area contributed by atoms with E-state index in [4.69, 9.17) is 9.90 Å². The summed E-state index contributed by atoms with van der Waals surface area (Å²) in [6, 6.07) is 1.73. The number of halogens is 4. The van der Waals surface area contributed by atoms with E-state index >= 15 is 0 Å². The molecule has 0 aromatic heterocycles. The molecule has 0 saturated carbocycles. The van der Waals surface area contributed by atoms with Crippen LogP contribution in [0.3, 0.4) is 0 Å². The van der Waals surface area contributed by atoms with Crippen LogP contribution in [-0.2, 0) is 11.0 Å². The van der Waals surface area contributed by atoms with Crippen LogP contribution < -0.4 is 5.32 Å². The SMILES string of the molecule is CC.CCC.CCNC(=O)c1cc(C(F)(F)F)ccc1F.O=CO. The van der Waals surface area contributed by atoms with Crippen molar-refractivity contribution < 1.29 is 32.3 Å². The maximum absolute atomic E-state index is 13.1. The lowest BCUT2D eigenvalue weighted by Crippen LogP contribution is -2.24. The van der Waals surface area contributed by atoms with Gasteiger partial charge in [0.05, 0.1) is 11.1 Å². The summed E-state index contributed by atoms with van der Waals surface area (Å²) in [4.78, 5) is 19.6. The third-order valence-corrected chi connectivity index (χ3v) is 1.88. The van der Waals surface area contributed by atoms with Gasteiger partial charge in [-0.3, -0.25) is 9.59 Å². The van der Waals surface area contributed by atoms with E-state index in [2.05, 4.69) is 19.2 Å². The van der Waals surface area contributed by atoms with Gasteiger partial charge >= 0.3 is 6.18 Å². The zero-order valence-corrected chi connectivity index (χ0v) is 14.5. The van der Waals surface area contributed by atoms with Gasteiger partial charge < -0.3 is 10.4 Å². The van der Waals surface area contributed by atoms with E-state index < -0.39 is 29.0 Å². The van der Waals surface area contributed by atoms with Gasteiger partial charge in [-0.15, -0.1) is 0 Å². The van der Waals surface area contributed by atoms with Crippen molar-refractivity contribution in [3.8, 4) is 0 Å². The average Bonchev–Trinajstić information content (AvgIpc) is 2.50. The van der Waals surface area contributed by atoms with Crippen LogP contribution in [0.2, 0.25) is 0 Å². The lowest BCUT2D eigenvalue weighted by Gasteiger charge is -2.09. The first-order valence-corrected chi connectivity index (χ1v) is 7.42. The standard InChI is InChI=1S/C10H9F4NO.C3H8.C2H6.CH2O2/c1-2-15-9(16)7-5-6(10(12,13)14)3-4-8(7)11;1-3-2;1-2;2-1-3/h3-5H,2H2,1H3,(H,15,16);3H2,1-2H3;1-2H3;1H,(H,2,3). The van der Waals surface area contributed by atoms with Gasteiger partial charge in [-0.25, -0.2) is 4.39 Å². The molecule has 0 radical (unpaired) electrons. The Balaban J connectivity index is -0.000000470. The minimum Gasteiger partial charge on any atom is -0.483 e. The molecule has 1 amide bonds. The second kappa shape index (κ2) is 15.8. The van der Waals surface area contributed by atoms with Crippen LogP contribution in [-0.4, -0.2) is 24.0 Å². The van der Waals surface area contributed by atoms with Crippen LogP contribution in [0.4, 0.5) is 17.6 Å². The monoisotopic (exact) mass is 355 g/mol. The fourth-order valence-corrected chi connectivity index (χ4v) is 1.13. The Morgan fingerprint density at radius 3 is 1.96 bits per heavy atom. The topological polar surface area (TPSA) is 66.4 Å². The molecule has 0 bridgehead atoms. The summed E-state index contributed by atoms with van der Waals surface area (Å²) in [5.41, 5.74) is -1.65. The van der Waals surface area contributed by atoms with Crippen molar-refractivity contribution in [2.45, 2.75) is 47.2 Å². The minimum atomic E-state index is -4.59. The summed E-state index contributed by atoms with van der Waals surface area (Å²) in [6.07, 6.45) is -3.34. The van der Waals surface area contributed by atoms with Gasteiger partial charge in [0.1, 0.15) is 5.82 Å². The Bertz CT molecular complexity index is 463. The lowest BCUT2D eigenvalue weighted by molar-refractivity contribution is -0.137. The average molecular weight is 355 g/mol. The van der Waals surface area contributed by atoms with E-state index in [-0.39, 0.29) is 13.0 Å². The quantitative estimate of drug-likeness (QED) is 0.595. The second-order valence-electron chi connectivity index (χ2n) is 3.86. The Hall–Kier alpha value is -2.12. The van der Waals surface area contributed by atoms with Crippen LogP contribution in [0.5, 0.6) is 0 Å². The number of hydrogen-bond acceptors (Lipinski definition) is 2. The number of carbonyl (C=O) groups is 2. The number of benzene rings is 1. The lowest BCUT2D eigenvalue weighted by atomic mass is 10.1. The Kier molecular flexibility index (Phi) is 17.6. The van der Waals surface area contributed by atoms with Gasteiger partial charge in [-0.05, 0) is 25.1 Å². The van der Waals surface area contributed by atoms with Gasteiger partial charge in [0.15, 0.2) is 0 Å². The van der Waals surface area contributed by atoms with E-state index in [0.717, 1.165) is 0 Å².